The third kappa shape index (κ3) is 6.27. The lowest BCUT2D eigenvalue weighted by molar-refractivity contribution is -0.166. The Morgan fingerprint density at radius 3 is 2.36 bits per heavy atom. The topological polar surface area (TPSA) is 66.9 Å². The lowest BCUT2D eigenvalue weighted by Crippen LogP contribution is -2.50. The molecular weight excluding hydrogens is 435 g/mol. The molecule has 142 valence electrons. The number of hydrogen-bond donors (Lipinski definition) is 0. The third-order valence-electron chi connectivity index (χ3n) is 4.10. The summed E-state index contributed by atoms with van der Waals surface area (Å²) < 4.78 is 7.14. The quantitative estimate of drug-likeness (QED) is 0.357. The molecule has 0 aliphatic carbocycles. The van der Waals surface area contributed by atoms with Crippen LogP contribution in [0.5, 0.6) is 0 Å². The van der Waals surface area contributed by atoms with E-state index in [0.29, 0.717) is 19.5 Å². The molecule has 0 aromatic rings. The molecule has 0 unspecified atom stereocenters. The molecule has 2 atom stereocenters. The second-order valence-corrected chi connectivity index (χ2v) is 8.45. The lowest BCUT2D eigenvalue weighted by Gasteiger charge is -2.33. The number of hydrogen-bond acceptors (Lipinski definition) is 4. The molecular formula is C18H29IN2O4. The molecule has 1 heterocycles. The number of nitrogens with zero attached hydrogens (tertiary/aromatic N) is 2. The Balaban J connectivity index is 2.81. The normalized spacial score (nSPS) is 19.4. The monoisotopic (exact) mass is 464 g/mol. The van der Waals surface area contributed by atoms with Gasteiger partial charge in [0.05, 0.1) is 5.92 Å². The number of esters is 1. The van der Waals surface area contributed by atoms with E-state index in [4.69, 9.17) is 4.74 Å². The van der Waals surface area contributed by atoms with Gasteiger partial charge in [-0.15, -0.1) is 0 Å². The summed E-state index contributed by atoms with van der Waals surface area (Å²) in [5.74, 6) is -0.930. The molecule has 0 aromatic heterocycles. The Morgan fingerprint density at radius 1 is 1.28 bits per heavy atom. The molecule has 1 aliphatic rings. The SMILES string of the molecule is CC(C)[C@@H](C(=O)OC(C)(C)C)N(C)C(=O)[C@H]1CCN(C(=O)/C=C/I)C1. The molecule has 2 amide bonds. The van der Waals surface area contributed by atoms with Crippen LogP contribution in [0.1, 0.15) is 41.0 Å². The second kappa shape index (κ2) is 9.00. The summed E-state index contributed by atoms with van der Waals surface area (Å²) >= 11 is 2.00. The fraction of sp³-hybridized carbons (Fsp3) is 0.722. The van der Waals surface area contributed by atoms with E-state index >= 15 is 0 Å². The molecule has 7 heteroatoms. The van der Waals surface area contributed by atoms with E-state index in [1.165, 1.54) is 11.0 Å². The molecule has 1 saturated heterocycles. The van der Waals surface area contributed by atoms with Crippen molar-refractivity contribution in [2.75, 3.05) is 20.1 Å². The Labute approximate surface area is 164 Å². The maximum Gasteiger partial charge on any atom is 0.329 e. The van der Waals surface area contributed by atoms with Gasteiger partial charge in [-0.05, 0) is 37.2 Å². The largest absolute Gasteiger partial charge is 0.458 e. The summed E-state index contributed by atoms with van der Waals surface area (Å²) in [5, 5.41) is 0. The molecule has 0 saturated carbocycles. The van der Waals surface area contributed by atoms with Gasteiger partial charge in [-0.1, -0.05) is 36.4 Å². The summed E-state index contributed by atoms with van der Waals surface area (Å²) in [6.07, 6.45) is 2.11. The van der Waals surface area contributed by atoms with E-state index in [9.17, 15) is 14.4 Å². The van der Waals surface area contributed by atoms with E-state index in [-0.39, 0.29) is 23.7 Å². The van der Waals surface area contributed by atoms with Crippen LogP contribution in [0, 0.1) is 11.8 Å². The number of amides is 2. The van der Waals surface area contributed by atoms with Crippen LogP contribution in [0.15, 0.2) is 10.2 Å². The minimum absolute atomic E-state index is 0.0649. The maximum absolute atomic E-state index is 12.8. The lowest BCUT2D eigenvalue weighted by atomic mass is 9.99. The number of carbonyl (C=O) groups excluding carboxylic acids is 3. The van der Waals surface area contributed by atoms with E-state index in [1.807, 2.05) is 57.2 Å². The fourth-order valence-corrected chi connectivity index (χ4v) is 3.29. The van der Waals surface area contributed by atoms with Crippen LogP contribution in [-0.4, -0.2) is 59.4 Å². The fourth-order valence-electron chi connectivity index (χ4n) is 2.99. The zero-order valence-electron chi connectivity index (χ0n) is 15.9. The highest BCUT2D eigenvalue weighted by Gasteiger charge is 2.38. The van der Waals surface area contributed by atoms with Gasteiger partial charge in [0.1, 0.15) is 11.6 Å². The highest BCUT2D eigenvalue weighted by molar-refractivity contribution is 14.1. The molecule has 0 N–H and O–H groups in total. The first-order chi connectivity index (χ1) is 11.5. The average Bonchev–Trinajstić information content (AvgIpc) is 2.94. The van der Waals surface area contributed by atoms with Gasteiger partial charge in [0.2, 0.25) is 11.8 Å². The zero-order chi connectivity index (χ0) is 19.4. The molecule has 0 aromatic carbocycles. The smallest absolute Gasteiger partial charge is 0.329 e. The highest BCUT2D eigenvalue weighted by atomic mass is 127. The minimum atomic E-state index is -0.634. The average molecular weight is 464 g/mol. The van der Waals surface area contributed by atoms with Gasteiger partial charge < -0.3 is 14.5 Å². The van der Waals surface area contributed by atoms with Crippen LogP contribution in [0.25, 0.3) is 0 Å². The van der Waals surface area contributed by atoms with Crippen LogP contribution in [0.2, 0.25) is 0 Å². The number of likely N-dealkylation sites (N-methyl/N-ethyl adjacent to an activating group) is 1. The molecule has 1 fully saturated rings. The second-order valence-electron chi connectivity index (χ2n) is 7.73. The molecule has 25 heavy (non-hydrogen) atoms. The number of carbonyl (C=O) groups is 3. The zero-order valence-corrected chi connectivity index (χ0v) is 18.1. The van der Waals surface area contributed by atoms with Gasteiger partial charge in [-0.3, -0.25) is 9.59 Å². The van der Waals surface area contributed by atoms with Crippen LogP contribution in [0.3, 0.4) is 0 Å². The van der Waals surface area contributed by atoms with E-state index in [0.717, 1.165) is 0 Å². The van der Waals surface area contributed by atoms with Crippen molar-refractivity contribution in [2.45, 2.75) is 52.7 Å². The maximum atomic E-state index is 12.8. The Morgan fingerprint density at radius 2 is 1.88 bits per heavy atom. The van der Waals surface area contributed by atoms with Crippen molar-refractivity contribution < 1.29 is 19.1 Å². The Bertz CT molecular complexity index is 540. The summed E-state index contributed by atoms with van der Waals surface area (Å²) in [4.78, 5) is 40.5. The number of halogens is 1. The van der Waals surface area contributed by atoms with Gasteiger partial charge in [-0.2, -0.15) is 0 Å². The highest BCUT2D eigenvalue weighted by Crippen LogP contribution is 2.23. The Hall–Kier alpha value is -1.12. The summed E-state index contributed by atoms with van der Waals surface area (Å²) in [7, 11) is 1.64. The van der Waals surface area contributed by atoms with Crippen molar-refractivity contribution in [1.82, 2.24) is 9.80 Å². The van der Waals surface area contributed by atoms with Gasteiger partial charge in [0.25, 0.3) is 0 Å². The van der Waals surface area contributed by atoms with E-state index < -0.39 is 17.6 Å². The first-order valence-corrected chi connectivity index (χ1v) is 9.77. The van der Waals surface area contributed by atoms with Crippen molar-refractivity contribution in [3.63, 3.8) is 0 Å². The van der Waals surface area contributed by atoms with E-state index in [2.05, 4.69) is 0 Å². The molecule has 1 aliphatic heterocycles. The van der Waals surface area contributed by atoms with Gasteiger partial charge in [-0.25, -0.2) is 4.79 Å². The van der Waals surface area contributed by atoms with Crippen LogP contribution in [0.4, 0.5) is 0 Å². The predicted octanol–water partition coefficient (Wildman–Crippen LogP) is 2.61. The van der Waals surface area contributed by atoms with Gasteiger partial charge in [0.15, 0.2) is 0 Å². The van der Waals surface area contributed by atoms with Crippen LogP contribution < -0.4 is 0 Å². The summed E-state index contributed by atoms with van der Waals surface area (Å²) in [6.45, 7) is 10.2. The third-order valence-corrected chi connectivity index (χ3v) is 4.46. The Kier molecular flexibility index (Phi) is 7.89. The van der Waals surface area contributed by atoms with Crippen molar-refractivity contribution in [3.05, 3.63) is 10.2 Å². The molecule has 1 rings (SSSR count). The van der Waals surface area contributed by atoms with Crippen molar-refractivity contribution >= 4 is 40.4 Å². The minimum Gasteiger partial charge on any atom is -0.458 e. The van der Waals surface area contributed by atoms with Gasteiger partial charge >= 0.3 is 5.97 Å². The first-order valence-electron chi connectivity index (χ1n) is 8.53. The summed E-state index contributed by atoms with van der Waals surface area (Å²) in [6, 6.07) is -0.634. The first kappa shape index (κ1) is 21.9. The molecule has 0 radical (unpaired) electrons. The molecule has 0 bridgehead atoms. The van der Waals surface area contributed by atoms with Crippen molar-refractivity contribution in [2.24, 2.45) is 11.8 Å². The summed E-state index contributed by atoms with van der Waals surface area (Å²) in [5.41, 5.74) is -0.601. The molecule has 0 spiro atoms. The van der Waals surface area contributed by atoms with Gasteiger partial charge in [0, 0.05) is 26.2 Å². The van der Waals surface area contributed by atoms with Crippen molar-refractivity contribution in [3.8, 4) is 0 Å². The van der Waals surface area contributed by atoms with Crippen LogP contribution in [-0.2, 0) is 19.1 Å². The van der Waals surface area contributed by atoms with E-state index in [1.54, 1.807) is 16.0 Å². The number of likely N-dealkylation sites (tertiary alicyclic amines) is 1. The standard InChI is InChI=1S/C18H29IN2O4/c1-12(2)15(17(24)25-18(3,4)5)20(6)16(23)13-8-10-21(11-13)14(22)7-9-19/h7,9,12-13,15H,8,10-11H2,1-6H3/b9-7+/t13-,15-/m0/s1. The number of ether oxygens (including phenoxy) is 1. The van der Waals surface area contributed by atoms with Crippen LogP contribution >= 0.6 is 22.6 Å². The van der Waals surface area contributed by atoms with Crippen molar-refractivity contribution in [1.29, 1.82) is 0 Å². The molecule has 6 nitrogen and oxygen atoms in total. The predicted molar refractivity (Wildman–Crippen MR) is 105 cm³/mol. The number of rotatable bonds is 5.